The molecule has 0 bridgehead atoms. The minimum atomic E-state index is -0.779. The molecule has 0 aliphatic carbocycles. The van der Waals surface area contributed by atoms with Crippen LogP contribution in [0, 0.1) is 0 Å². The Labute approximate surface area is 207 Å². The molecule has 1 aromatic heterocycles. The number of anilines is 1. The maximum absolute atomic E-state index is 13.2. The molecule has 0 unspecified atom stereocenters. The van der Waals surface area contributed by atoms with Crippen molar-refractivity contribution < 1.29 is 19.1 Å². The molecule has 1 atom stereocenters. The predicted octanol–water partition coefficient (Wildman–Crippen LogP) is 4.81. The highest BCUT2D eigenvalue weighted by Crippen LogP contribution is 2.33. The van der Waals surface area contributed by atoms with E-state index in [-0.39, 0.29) is 11.8 Å². The first-order valence-corrected chi connectivity index (χ1v) is 11.8. The first-order chi connectivity index (χ1) is 17.1. The average molecular weight is 488 g/mol. The first kappa shape index (κ1) is 24.0. The first-order valence-electron chi connectivity index (χ1n) is 11.0. The van der Waals surface area contributed by atoms with Crippen molar-refractivity contribution >= 4 is 28.3 Å². The SMILES string of the molecule is COc1ccc(-c2csc(NC(=O)[C@@H](Cc3ccccc3)NC(=O)c3ccccc3)n2)cc1OC. The number of nitrogens with one attached hydrogen (secondary N) is 2. The summed E-state index contributed by atoms with van der Waals surface area (Å²) < 4.78 is 10.7. The van der Waals surface area contributed by atoms with E-state index in [1.165, 1.54) is 11.3 Å². The van der Waals surface area contributed by atoms with E-state index in [0.717, 1.165) is 11.1 Å². The molecule has 0 aliphatic rings. The molecule has 1 heterocycles. The molecule has 0 spiro atoms. The highest BCUT2D eigenvalue weighted by Gasteiger charge is 2.23. The van der Waals surface area contributed by atoms with Crippen LogP contribution in [0.4, 0.5) is 5.13 Å². The van der Waals surface area contributed by atoms with Crippen LogP contribution in [0.1, 0.15) is 15.9 Å². The lowest BCUT2D eigenvalue weighted by atomic mass is 10.0. The van der Waals surface area contributed by atoms with E-state index in [1.54, 1.807) is 44.6 Å². The molecule has 8 heteroatoms. The van der Waals surface area contributed by atoms with Gasteiger partial charge in [0.25, 0.3) is 5.91 Å². The zero-order valence-electron chi connectivity index (χ0n) is 19.4. The number of aromatic nitrogens is 1. The molecule has 7 nitrogen and oxygen atoms in total. The van der Waals surface area contributed by atoms with Crippen molar-refractivity contribution in [1.82, 2.24) is 10.3 Å². The number of hydrogen-bond donors (Lipinski definition) is 2. The summed E-state index contributed by atoms with van der Waals surface area (Å²) in [5.41, 5.74) is 2.95. The predicted molar refractivity (Wildman–Crippen MR) is 137 cm³/mol. The third-order valence-electron chi connectivity index (χ3n) is 5.35. The smallest absolute Gasteiger partial charge is 0.251 e. The van der Waals surface area contributed by atoms with Crippen molar-refractivity contribution in [2.24, 2.45) is 0 Å². The normalized spacial score (nSPS) is 11.4. The molecule has 4 aromatic rings. The van der Waals surface area contributed by atoms with Crippen LogP contribution in [0.5, 0.6) is 11.5 Å². The highest BCUT2D eigenvalue weighted by molar-refractivity contribution is 7.14. The molecule has 2 amide bonds. The summed E-state index contributed by atoms with van der Waals surface area (Å²) in [6.45, 7) is 0. The Morgan fingerprint density at radius 1 is 0.914 bits per heavy atom. The second-order valence-corrected chi connectivity index (χ2v) is 8.54. The van der Waals surface area contributed by atoms with Crippen molar-refractivity contribution in [3.05, 3.63) is 95.4 Å². The van der Waals surface area contributed by atoms with Crippen LogP contribution in [-0.2, 0) is 11.2 Å². The van der Waals surface area contributed by atoms with E-state index >= 15 is 0 Å². The highest BCUT2D eigenvalue weighted by atomic mass is 32.1. The van der Waals surface area contributed by atoms with Crippen LogP contribution >= 0.6 is 11.3 Å². The van der Waals surface area contributed by atoms with Gasteiger partial charge in [-0.3, -0.25) is 9.59 Å². The van der Waals surface area contributed by atoms with Crippen LogP contribution in [0.15, 0.2) is 84.2 Å². The Morgan fingerprint density at radius 3 is 2.29 bits per heavy atom. The van der Waals surface area contributed by atoms with Crippen molar-refractivity contribution in [1.29, 1.82) is 0 Å². The van der Waals surface area contributed by atoms with E-state index in [2.05, 4.69) is 15.6 Å². The number of carbonyl (C=O) groups excluding carboxylic acids is 2. The van der Waals surface area contributed by atoms with Gasteiger partial charge in [0.05, 0.1) is 19.9 Å². The summed E-state index contributed by atoms with van der Waals surface area (Å²) in [6.07, 6.45) is 0.346. The minimum Gasteiger partial charge on any atom is -0.493 e. The molecule has 4 rings (SSSR count). The van der Waals surface area contributed by atoms with Gasteiger partial charge < -0.3 is 20.1 Å². The number of rotatable bonds is 9. The number of benzene rings is 3. The summed E-state index contributed by atoms with van der Waals surface area (Å²) in [6, 6.07) is 23.1. The maximum atomic E-state index is 13.2. The van der Waals surface area contributed by atoms with Gasteiger partial charge in [-0.05, 0) is 35.9 Å². The van der Waals surface area contributed by atoms with Crippen molar-refractivity contribution in [3.63, 3.8) is 0 Å². The van der Waals surface area contributed by atoms with Gasteiger partial charge in [-0.25, -0.2) is 4.98 Å². The fraction of sp³-hybridized carbons (Fsp3) is 0.148. The number of hydrogen-bond acceptors (Lipinski definition) is 6. The van der Waals surface area contributed by atoms with Crippen molar-refractivity contribution in [3.8, 4) is 22.8 Å². The van der Waals surface area contributed by atoms with E-state index in [1.807, 2.05) is 53.9 Å². The van der Waals surface area contributed by atoms with Gasteiger partial charge in [0.1, 0.15) is 6.04 Å². The largest absolute Gasteiger partial charge is 0.493 e. The molecule has 0 fully saturated rings. The van der Waals surface area contributed by atoms with Gasteiger partial charge in [0.2, 0.25) is 5.91 Å². The standard InChI is InChI=1S/C27H25N3O4S/c1-33-23-14-13-20(16-24(23)34-2)22-17-35-27(29-22)30-26(32)21(15-18-9-5-3-6-10-18)28-25(31)19-11-7-4-8-12-19/h3-14,16-17,21H,15H2,1-2H3,(H,28,31)(H,29,30,32)/t21-/m1/s1. The summed E-state index contributed by atoms with van der Waals surface area (Å²) >= 11 is 1.31. The molecule has 178 valence electrons. The quantitative estimate of drug-likeness (QED) is 0.354. The molecular weight excluding hydrogens is 462 g/mol. The minimum absolute atomic E-state index is 0.313. The second-order valence-electron chi connectivity index (χ2n) is 7.68. The summed E-state index contributed by atoms with van der Waals surface area (Å²) in [7, 11) is 3.15. The lowest BCUT2D eigenvalue weighted by molar-refractivity contribution is -0.118. The van der Waals surface area contributed by atoms with Gasteiger partial charge in [-0.1, -0.05) is 48.5 Å². The van der Waals surface area contributed by atoms with Crippen molar-refractivity contribution in [2.45, 2.75) is 12.5 Å². The zero-order valence-corrected chi connectivity index (χ0v) is 20.2. The van der Waals surface area contributed by atoms with Crippen LogP contribution in [0.2, 0.25) is 0 Å². The Kier molecular flexibility index (Phi) is 7.74. The molecule has 0 saturated carbocycles. The summed E-state index contributed by atoms with van der Waals surface area (Å²) in [4.78, 5) is 30.6. The van der Waals surface area contributed by atoms with Crippen molar-refractivity contribution in [2.75, 3.05) is 19.5 Å². The van der Waals surface area contributed by atoms with E-state index in [4.69, 9.17) is 9.47 Å². The zero-order chi connectivity index (χ0) is 24.6. The fourth-order valence-corrected chi connectivity index (χ4v) is 4.26. The fourth-order valence-electron chi connectivity index (χ4n) is 3.54. The van der Waals surface area contributed by atoms with Gasteiger partial charge in [0.15, 0.2) is 16.6 Å². The summed E-state index contributed by atoms with van der Waals surface area (Å²) in [5, 5.41) is 8.01. The third-order valence-corrected chi connectivity index (χ3v) is 6.11. The number of amides is 2. The monoisotopic (exact) mass is 487 g/mol. The van der Waals surface area contributed by atoms with Gasteiger partial charge >= 0.3 is 0 Å². The number of carbonyl (C=O) groups is 2. The third kappa shape index (κ3) is 6.04. The summed E-state index contributed by atoms with van der Waals surface area (Å²) in [5.74, 6) is 0.561. The number of methoxy groups -OCH3 is 2. The Hall–Kier alpha value is -4.17. The number of nitrogens with zero attached hydrogens (tertiary/aromatic N) is 1. The maximum Gasteiger partial charge on any atom is 0.251 e. The van der Waals surface area contributed by atoms with E-state index < -0.39 is 6.04 Å². The van der Waals surface area contributed by atoms with Crippen LogP contribution in [-0.4, -0.2) is 37.1 Å². The van der Waals surface area contributed by atoms with Gasteiger partial charge in [-0.2, -0.15) is 0 Å². The topological polar surface area (TPSA) is 89.6 Å². The van der Waals surface area contributed by atoms with Gasteiger partial charge in [0, 0.05) is 22.9 Å². The number of thiazole rings is 1. The molecule has 35 heavy (non-hydrogen) atoms. The molecule has 0 radical (unpaired) electrons. The van der Waals surface area contributed by atoms with Gasteiger partial charge in [-0.15, -0.1) is 11.3 Å². The Balaban J connectivity index is 1.51. The Bertz CT molecular complexity index is 1290. The van der Waals surface area contributed by atoms with Crippen LogP contribution < -0.4 is 20.1 Å². The van der Waals surface area contributed by atoms with Crippen LogP contribution in [0.3, 0.4) is 0 Å². The lowest BCUT2D eigenvalue weighted by Gasteiger charge is -2.18. The molecule has 2 N–H and O–H groups in total. The van der Waals surface area contributed by atoms with Crippen LogP contribution in [0.25, 0.3) is 11.3 Å². The molecular formula is C27H25N3O4S. The second kappa shape index (κ2) is 11.3. The molecule has 3 aromatic carbocycles. The lowest BCUT2D eigenvalue weighted by Crippen LogP contribution is -2.45. The number of ether oxygens (including phenoxy) is 2. The van der Waals surface area contributed by atoms with E-state index in [9.17, 15) is 9.59 Å². The van der Waals surface area contributed by atoms with E-state index in [0.29, 0.717) is 34.3 Å². The molecule has 0 aliphatic heterocycles. The Morgan fingerprint density at radius 2 is 1.60 bits per heavy atom. The average Bonchev–Trinajstić information content (AvgIpc) is 3.37. The molecule has 0 saturated heterocycles.